The number of hydrogen-bond acceptors (Lipinski definition) is 8. The van der Waals surface area contributed by atoms with Crippen LogP contribution in [-0.4, -0.2) is 37.4 Å². The summed E-state index contributed by atoms with van der Waals surface area (Å²) in [6, 6.07) is 2.38. The number of halogens is 3. The third-order valence-corrected chi connectivity index (χ3v) is 10.3. The van der Waals surface area contributed by atoms with E-state index in [1.54, 1.807) is 0 Å². The van der Waals surface area contributed by atoms with Crippen LogP contribution in [0.15, 0.2) is 29.0 Å². The number of ether oxygens (including phenoxy) is 1. The van der Waals surface area contributed by atoms with Crippen molar-refractivity contribution in [2.24, 2.45) is 11.8 Å². The van der Waals surface area contributed by atoms with Gasteiger partial charge in [0.1, 0.15) is 27.6 Å². The highest BCUT2D eigenvalue weighted by Gasteiger charge is 2.56. The molecule has 2 unspecified atom stereocenters. The van der Waals surface area contributed by atoms with E-state index >= 15 is 0 Å². The van der Waals surface area contributed by atoms with Crippen molar-refractivity contribution in [3.8, 4) is 11.3 Å². The summed E-state index contributed by atoms with van der Waals surface area (Å²) in [4.78, 5) is 19.9. The number of benzene rings is 1. The molecule has 2 N–H and O–H groups in total. The van der Waals surface area contributed by atoms with Crippen molar-refractivity contribution in [3.05, 3.63) is 62.3 Å². The number of nitrogens with zero attached hydrogens (tertiary/aromatic N) is 3. The zero-order valence-electron chi connectivity index (χ0n) is 21.1. The van der Waals surface area contributed by atoms with Gasteiger partial charge in [-0.25, -0.2) is 14.2 Å². The number of carboxylic acid groups (broad SMARTS) is 1. The molecule has 1 aromatic carbocycles. The van der Waals surface area contributed by atoms with Crippen molar-refractivity contribution in [2.75, 3.05) is 0 Å². The van der Waals surface area contributed by atoms with Crippen molar-refractivity contribution < 1.29 is 28.7 Å². The number of thiazole rings is 1. The number of aromatic carboxylic acids is 1. The van der Waals surface area contributed by atoms with E-state index in [1.807, 2.05) is 0 Å². The number of pyridine rings is 1. The molecule has 0 aliphatic heterocycles. The van der Waals surface area contributed by atoms with Gasteiger partial charge < -0.3 is 19.5 Å². The summed E-state index contributed by atoms with van der Waals surface area (Å²) in [5, 5.41) is 26.8. The summed E-state index contributed by atoms with van der Waals surface area (Å²) in [6.07, 6.45) is 7.81. The molecule has 12 heteroatoms. The highest BCUT2D eigenvalue weighted by Crippen LogP contribution is 2.57. The monoisotopic (exact) mass is 603 g/mol. The van der Waals surface area contributed by atoms with E-state index in [0.29, 0.717) is 49.8 Å². The van der Waals surface area contributed by atoms with Crippen LogP contribution in [0, 0.1) is 17.7 Å². The number of aromatic nitrogens is 3. The van der Waals surface area contributed by atoms with Crippen LogP contribution in [0.4, 0.5) is 4.39 Å². The molecule has 0 saturated heterocycles. The molecule has 3 aliphatic rings. The maximum Gasteiger partial charge on any atom is 0.335 e. The minimum atomic E-state index is -1.21. The molecule has 3 fully saturated rings. The highest BCUT2D eigenvalue weighted by molar-refractivity contribution is 7.18. The lowest BCUT2D eigenvalue weighted by Gasteiger charge is -2.41. The summed E-state index contributed by atoms with van der Waals surface area (Å²) in [5.41, 5.74) is 0.713. The van der Waals surface area contributed by atoms with Gasteiger partial charge in [0.15, 0.2) is 5.82 Å². The zero-order valence-corrected chi connectivity index (χ0v) is 23.4. The minimum absolute atomic E-state index is 0.0947. The molecule has 0 spiro atoms. The van der Waals surface area contributed by atoms with Crippen LogP contribution in [0.5, 0.6) is 0 Å². The highest BCUT2D eigenvalue weighted by atomic mass is 35.5. The minimum Gasteiger partial charge on any atom is -0.478 e. The van der Waals surface area contributed by atoms with Gasteiger partial charge in [-0.2, -0.15) is 0 Å². The number of rotatable bonds is 7. The van der Waals surface area contributed by atoms with Gasteiger partial charge in [0, 0.05) is 29.4 Å². The van der Waals surface area contributed by atoms with Crippen molar-refractivity contribution in [3.63, 3.8) is 0 Å². The molecule has 2 atom stereocenters. The van der Waals surface area contributed by atoms with E-state index in [2.05, 4.69) is 15.1 Å². The van der Waals surface area contributed by atoms with Crippen LogP contribution in [0.1, 0.15) is 71.1 Å². The fourth-order valence-corrected chi connectivity index (χ4v) is 8.24. The molecule has 208 valence electrons. The Balaban J connectivity index is 1.14. The first-order valence-electron chi connectivity index (χ1n) is 13.2. The number of hydrogen-bond donors (Lipinski definition) is 2. The maximum absolute atomic E-state index is 14.7. The van der Waals surface area contributed by atoms with Crippen LogP contribution in [0.3, 0.4) is 0 Å². The Kier molecular flexibility index (Phi) is 6.40. The summed E-state index contributed by atoms with van der Waals surface area (Å²) < 4.78 is 27.3. The first kappa shape index (κ1) is 26.3. The van der Waals surface area contributed by atoms with Gasteiger partial charge in [0.2, 0.25) is 0 Å². The van der Waals surface area contributed by atoms with Crippen molar-refractivity contribution >= 4 is 50.7 Å². The van der Waals surface area contributed by atoms with E-state index in [4.69, 9.17) is 32.5 Å². The second kappa shape index (κ2) is 9.73. The van der Waals surface area contributed by atoms with Crippen LogP contribution in [0.25, 0.3) is 21.5 Å². The Bertz CT molecular complexity index is 1620. The predicted octanol–water partition coefficient (Wildman–Crippen LogP) is 6.96. The normalized spacial score (nSPS) is 26.1. The lowest BCUT2D eigenvalue weighted by molar-refractivity contribution is -0.116. The molecule has 7 rings (SSSR count). The smallest absolute Gasteiger partial charge is 0.335 e. The second-order valence-corrected chi connectivity index (χ2v) is 12.8. The molecule has 2 bridgehead atoms. The topological polar surface area (TPSA) is 119 Å². The lowest BCUT2D eigenvalue weighted by Crippen LogP contribution is -2.44. The summed E-state index contributed by atoms with van der Waals surface area (Å²) in [6.45, 7) is 0.270. The molecule has 8 nitrogen and oxygen atoms in total. The summed E-state index contributed by atoms with van der Waals surface area (Å²) >= 11 is 14.0. The number of aliphatic hydroxyl groups is 1. The standard InChI is InChI=1S/C28H24Cl2FN3O5S/c29-18-9-32-10-19(30)22(18)23-17(25(39-34-23)12-1-2-12)11-38-16-7-14-3-4-15(8-16)28(14,37)27-33-24-20(31)5-13(26(35)36)6-21(24)40-27/h5-6,9-10,12,14-16,37H,1-4,7-8,11H2,(H,35,36). The van der Waals surface area contributed by atoms with E-state index in [1.165, 1.54) is 29.8 Å². The van der Waals surface area contributed by atoms with Crippen LogP contribution < -0.4 is 0 Å². The van der Waals surface area contributed by atoms with E-state index in [9.17, 15) is 19.4 Å². The Hall–Kier alpha value is -2.63. The molecule has 3 heterocycles. The zero-order chi connectivity index (χ0) is 27.8. The number of carbonyl (C=O) groups is 1. The first-order valence-corrected chi connectivity index (χ1v) is 14.8. The summed E-state index contributed by atoms with van der Waals surface area (Å²) in [7, 11) is 0. The largest absolute Gasteiger partial charge is 0.478 e. The molecular formula is C28H24Cl2FN3O5S. The lowest BCUT2D eigenvalue weighted by atomic mass is 9.73. The van der Waals surface area contributed by atoms with Gasteiger partial charge in [-0.1, -0.05) is 28.4 Å². The first-order chi connectivity index (χ1) is 19.2. The second-order valence-electron chi connectivity index (χ2n) is 11.0. The van der Waals surface area contributed by atoms with Crippen LogP contribution in [0.2, 0.25) is 10.0 Å². The average molecular weight is 604 g/mol. The fourth-order valence-electron chi connectivity index (χ4n) is 6.43. The van der Waals surface area contributed by atoms with Gasteiger partial charge >= 0.3 is 5.97 Å². The molecule has 0 radical (unpaired) electrons. The van der Waals surface area contributed by atoms with E-state index in [0.717, 1.165) is 43.1 Å². The van der Waals surface area contributed by atoms with Gasteiger partial charge in [-0.15, -0.1) is 11.3 Å². The third-order valence-electron chi connectivity index (χ3n) is 8.56. The van der Waals surface area contributed by atoms with Gasteiger partial charge in [0.05, 0.1) is 33.0 Å². The van der Waals surface area contributed by atoms with Crippen molar-refractivity contribution in [2.45, 2.75) is 62.8 Å². The SMILES string of the molecule is O=C(O)c1cc(F)c2nc(C3(O)C4CCC3CC(OCc3c(-c5c(Cl)cncc5Cl)noc3C3CC3)C4)sc2c1. The molecular weight excluding hydrogens is 580 g/mol. The average Bonchev–Trinajstić information content (AvgIpc) is 3.49. The number of carboxylic acids is 1. The third kappa shape index (κ3) is 4.23. The fraction of sp³-hybridized carbons (Fsp3) is 0.429. The molecule has 4 aromatic rings. The van der Waals surface area contributed by atoms with Crippen LogP contribution in [-0.2, 0) is 16.9 Å². The van der Waals surface area contributed by atoms with E-state index < -0.39 is 17.4 Å². The van der Waals surface area contributed by atoms with Gasteiger partial charge in [0.25, 0.3) is 0 Å². The van der Waals surface area contributed by atoms with Crippen molar-refractivity contribution in [1.29, 1.82) is 0 Å². The number of fused-ring (bicyclic) bond motifs is 3. The Morgan fingerprint density at radius 3 is 2.50 bits per heavy atom. The Morgan fingerprint density at radius 1 is 1.15 bits per heavy atom. The predicted molar refractivity (Wildman–Crippen MR) is 146 cm³/mol. The molecule has 3 aliphatic carbocycles. The van der Waals surface area contributed by atoms with Crippen LogP contribution >= 0.6 is 34.5 Å². The molecule has 40 heavy (non-hydrogen) atoms. The Labute approximate surface area is 242 Å². The maximum atomic E-state index is 14.7. The molecule has 3 saturated carbocycles. The molecule has 0 amide bonds. The van der Waals surface area contributed by atoms with Gasteiger partial charge in [-0.3, -0.25) is 4.98 Å². The van der Waals surface area contributed by atoms with Gasteiger partial charge in [-0.05, 0) is 62.5 Å². The quantitative estimate of drug-likeness (QED) is 0.233. The molecule has 3 aromatic heterocycles. The van der Waals surface area contributed by atoms with Crippen molar-refractivity contribution in [1.82, 2.24) is 15.1 Å². The van der Waals surface area contributed by atoms with E-state index in [-0.39, 0.29) is 35.6 Å². The summed E-state index contributed by atoms with van der Waals surface area (Å²) in [5.74, 6) is -1.04. The Morgan fingerprint density at radius 2 is 1.85 bits per heavy atom.